The lowest BCUT2D eigenvalue weighted by atomic mass is 10.2. The molecule has 0 aromatic heterocycles. The van der Waals surface area contributed by atoms with Crippen LogP contribution in [-0.2, 0) is 0 Å². The monoisotopic (exact) mass is 169 g/mol. The maximum absolute atomic E-state index is 10.4. The summed E-state index contributed by atoms with van der Waals surface area (Å²) in [5.74, 6) is -0.213. The molecule has 0 saturated heterocycles. The molecule has 1 atom stereocenters. The number of benzene rings is 1. The Kier molecular flexibility index (Phi) is 2.39. The zero-order valence-corrected chi connectivity index (χ0v) is 6.02. The Balaban J connectivity index is 3.13. The van der Waals surface area contributed by atoms with E-state index < -0.39 is 5.23 Å². The van der Waals surface area contributed by atoms with Crippen LogP contribution in [0.2, 0.25) is 0 Å². The summed E-state index contributed by atoms with van der Waals surface area (Å²) in [4.78, 5) is 10.2. The van der Waals surface area contributed by atoms with Gasteiger partial charge in [-0.2, -0.15) is 5.23 Å². The first-order chi connectivity index (χ1) is 5.65. The molecule has 0 unspecified atom stereocenters. The third kappa shape index (κ3) is 1.59. The Hall–Kier alpha value is -1.43. The van der Waals surface area contributed by atoms with Gasteiger partial charge in [0.05, 0.1) is 5.56 Å². The maximum atomic E-state index is 10.4. The van der Waals surface area contributed by atoms with Gasteiger partial charge in [-0.3, -0.25) is 4.79 Å². The molecule has 3 N–H and O–H groups in total. The number of nitrogens with one attached hydrogen (secondary N) is 1. The Bertz CT molecular complexity index is 297. The van der Waals surface area contributed by atoms with E-state index in [9.17, 15) is 10.0 Å². The molecule has 1 rings (SSSR count). The molecule has 1 aromatic carbocycles. The van der Waals surface area contributed by atoms with Gasteiger partial charge in [0.2, 0.25) is 0 Å². The van der Waals surface area contributed by atoms with Gasteiger partial charge in [0.25, 0.3) is 0 Å². The SMILES string of the molecule is O=Cc1cc([N@@H+]([O-])O)ccc1O. The number of hydrogen-bond acceptors (Lipinski definition) is 4. The quantitative estimate of drug-likeness (QED) is 0.319. The highest BCUT2D eigenvalue weighted by molar-refractivity contribution is 5.80. The summed E-state index contributed by atoms with van der Waals surface area (Å²) in [5.41, 5.74) is -0.0372. The van der Waals surface area contributed by atoms with E-state index in [2.05, 4.69) is 0 Å². The standard InChI is InChI=1S/C7H7NO4/c9-4-5-3-6(8(11)12)1-2-7(5)10/h1-4,8,10-11H. The molecule has 1 aromatic rings. The van der Waals surface area contributed by atoms with Gasteiger partial charge >= 0.3 is 0 Å². The van der Waals surface area contributed by atoms with E-state index in [-0.39, 0.29) is 17.0 Å². The van der Waals surface area contributed by atoms with Crippen LogP contribution in [0.1, 0.15) is 10.4 Å². The van der Waals surface area contributed by atoms with Gasteiger partial charge in [-0.25, -0.2) is 5.21 Å². The molecule has 0 aliphatic rings. The lowest BCUT2D eigenvalue weighted by Gasteiger charge is -2.11. The number of quaternary nitrogens is 1. The molecular formula is C7H7NO4. The second-order valence-corrected chi connectivity index (χ2v) is 2.20. The topological polar surface area (TPSA) is 85.0 Å². The first-order valence-corrected chi connectivity index (χ1v) is 3.16. The van der Waals surface area contributed by atoms with Crippen molar-refractivity contribution < 1.29 is 20.3 Å². The van der Waals surface area contributed by atoms with Crippen molar-refractivity contribution in [2.45, 2.75) is 0 Å². The summed E-state index contributed by atoms with van der Waals surface area (Å²) in [5, 5.41) is 26.7. The van der Waals surface area contributed by atoms with Gasteiger partial charge in [0, 0.05) is 12.1 Å². The van der Waals surface area contributed by atoms with Gasteiger partial charge in [-0.1, -0.05) is 0 Å². The van der Waals surface area contributed by atoms with Crippen LogP contribution in [0.5, 0.6) is 5.75 Å². The minimum atomic E-state index is -1.13. The van der Waals surface area contributed by atoms with E-state index in [1.165, 1.54) is 12.1 Å². The molecule has 0 aliphatic carbocycles. The normalized spacial score (nSPS) is 12.5. The highest BCUT2D eigenvalue weighted by Gasteiger charge is 2.05. The fourth-order valence-electron chi connectivity index (χ4n) is 0.782. The van der Waals surface area contributed by atoms with Crippen LogP contribution in [0.15, 0.2) is 18.2 Å². The number of rotatable bonds is 2. The molecule has 0 spiro atoms. The number of carbonyl (C=O) groups excluding carboxylic acids is 1. The third-order valence-corrected chi connectivity index (χ3v) is 1.40. The van der Waals surface area contributed by atoms with Crippen LogP contribution in [0.4, 0.5) is 5.69 Å². The van der Waals surface area contributed by atoms with Gasteiger partial charge < -0.3 is 10.3 Å². The zero-order chi connectivity index (χ0) is 9.14. The van der Waals surface area contributed by atoms with E-state index in [1.807, 2.05) is 0 Å². The molecule has 64 valence electrons. The lowest BCUT2D eigenvalue weighted by molar-refractivity contribution is -0.991. The number of phenolic OH excluding ortho intramolecular Hbond substituents is 1. The number of hydrogen-bond donors (Lipinski definition) is 3. The van der Waals surface area contributed by atoms with Crippen molar-refractivity contribution in [1.82, 2.24) is 0 Å². The van der Waals surface area contributed by atoms with Crippen LogP contribution in [-0.4, -0.2) is 16.6 Å². The molecule has 0 aliphatic heterocycles. The first-order valence-electron chi connectivity index (χ1n) is 3.16. The van der Waals surface area contributed by atoms with Gasteiger partial charge in [-0.15, -0.1) is 0 Å². The van der Waals surface area contributed by atoms with E-state index in [4.69, 9.17) is 10.3 Å². The summed E-state index contributed by atoms with van der Waals surface area (Å²) in [6.07, 6.45) is 0.405. The summed E-state index contributed by atoms with van der Waals surface area (Å²) in [7, 11) is 0. The second kappa shape index (κ2) is 3.31. The van der Waals surface area contributed by atoms with E-state index in [0.29, 0.717) is 6.29 Å². The van der Waals surface area contributed by atoms with Crippen LogP contribution in [0.3, 0.4) is 0 Å². The summed E-state index contributed by atoms with van der Waals surface area (Å²) >= 11 is 0. The summed E-state index contributed by atoms with van der Waals surface area (Å²) < 4.78 is 0. The van der Waals surface area contributed by atoms with Gasteiger partial charge in [0.15, 0.2) is 12.0 Å². The molecule has 5 nitrogen and oxygen atoms in total. The lowest BCUT2D eigenvalue weighted by Crippen LogP contribution is -2.99. The Morgan fingerprint density at radius 1 is 1.50 bits per heavy atom. The minimum Gasteiger partial charge on any atom is -0.595 e. The maximum Gasteiger partial charge on any atom is 0.164 e. The highest BCUT2D eigenvalue weighted by Crippen LogP contribution is 2.16. The fraction of sp³-hybridized carbons (Fsp3) is 0. The van der Waals surface area contributed by atoms with Crippen molar-refractivity contribution in [1.29, 1.82) is 0 Å². The second-order valence-electron chi connectivity index (χ2n) is 2.20. The highest BCUT2D eigenvalue weighted by atomic mass is 16.8. The van der Waals surface area contributed by atoms with Crippen molar-refractivity contribution >= 4 is 12.0 Å². The Labute approximate surface area is 68.0 Å². The number of aromatic hydroxyl groups is 1. The van der Waals surface area contributed by atoms with Crippen molar-refractivity contribution in [2.75, 3.05) is 0 Å². The van der Waals surface area contributed by atoms with Crippen LogP contribution < -0.4 is 5.23 Å². The van der Waals surface area contributed by atoms with Gasteiger partial charge in [-0.05, 0) is 6.07 Å². The average molecular weight is 169 g/mol. The minimum absolute atomic E-state index is 0.0186. The zero-order valence-electron chi connectivity index (χ0n) is 6.02. The molecule has 0 fully saturated rings. The van der Waals surface area contributed by atoms with Crippen LogP contribution in [0, 0.1) is 5.21 Å². The molecule has 0 saturated carbocycles. The largest absolute Gasteiger partial charge is 0.595 e. The van der Waals surface area contributed by atoms with E-state index in [1.54, 1.807) is 0 Å². The van der Waals surface area contributed by atoms with E-state index >= 15 is 0 Å². The van der Waals surface area contributed by atoms with Crippen molar-refractivity contribution in [3.8, 4) is 5.75 Å². The predicted molar refractivity (Wildman–Crippen MR) is 39.3 cm³/mol. The molecule has 5 heteroatoms. The molecule has 0 amide bonds. The van der Waals surface area contributed by atoms with Crippen molar-refractivity contribution in [3.63, 3.8) is 0 Å². The average Bonchev–Trinajstić information content (AvgIpc) is 2.05. The Morgan fingerprint density at radius 2 is 2.17 bits per heavy atom. The van der Waals surface area contributed by atoms with Crippen molar-refractivity contribution in [2.24, 2.45) is 0 Å². The fourth-order valence-corrected chi connectivity index (χ4v) is 0.782. The number of aldehydes is 1. The summed E-state index contributed by atoms with van der Waals surface area (Å²) in [6, 6.07) is 3.52. The number of carbonyl (C=O) groups is 1. The molecule has 12 heavy (non-hydrogen) atoms. The smallest absolute Gasteiger partial charge is 0.164 e. The van der Waals surface area contributed by atoms with Crippen LogP contribution >= 0.6 is 0 Å². The molecule has 0 bridgehead atoms. The predicted octanol–water partition coefficient (Wildman–Crippen LogP) is -0.392. The molecule has 0 radical (unpaired) electrons. The first kappa shape index (κ1) is 8.66. The van der Waals surface area contributed by atoms with Gasteiger partial charge in [0.1, 0.15) is 5.75 Å². The van der Waals surface area contributed by atoms with Crippen LogP contribution in [0.25, 0.3) is 0 Å². The Morgan fingerprint density at radius 3 is 2.67 bits per heavy atom. The third-order valence-electron chi connectivity index (χ3n) is 1.40. The van der Waals surface area contributed by atoms with E-state index in [0.717, 1.165) is 6.07 Å². The van der Waals surface area contributed by atoms with Crippen molar-refractivity contribution in [3.05, 3.63) is 29.0 Å². The summed E-state index contributed by atoms with van der Waals surface area (Å²) in [6.45, 7) is 0. The number of phenols is 1. The molecular weight excluding hydrogens is 162 g/mol. The molecule has 0 heterocycles.